The summed E-state index contributed by atoms with van der Waals surface area (Å²) in [6, 6.07) is 0. The Morgan fingerprint density at radius 2 is 0.506 bits per heavy atom. The van der Waals surface area contributed by atoms with Crippen LogP contribution in [0.15, 0.2) is 72.9 Å². The lowest BCUT2D eigenvalue weighted by Crippen LogP contribution is -2.30. The van der Waals surface area contributed by atoms with E-state index in [2.05, 4.69) is 93.7 Å². The monoisotopic (exact) mass is 1070 g/mol. The van der Waals surface area contributed by atoms with Crippen LogP contribution in [0.4, 0.5) is 0 Å². The van der Waals surface area contributed by atoms with Crippen LogP contribution in [0.25, 0.3) is 0 Å². The third-order valence-electron chi connectivity index (χ3n) is 14.7. The zero-order valence-corrected chi connectivity index (χ0v) is 51.2. The van der Waals surface area contributed by atoms with Crippen molar-refractivity contribution in [2.45, 2.75) is 348 Å². The number of hydrogen-bond acceptors (Lipinski definition) is 6. The van der Waals surface area contributed by atoms with Gasteiger partial charge in [0.2, 0.25) is 0 Å². The smallest absolute Gasteiger partial charge is 0.306 e. The van der Waals surface area contributed by atoms with E-state index in [1.165, 1.54) is 199 Å². The van der Waals surface area contributed by atoms with Gasteiger partial charge in [-0.05, 0) is 70.6 Å². The van der Waals surface area contributed by atoms with Crippen molar-refractivity contribution in [3.8, 4) is 0 Å². The molecule has 0 aromatic carbocycles. The molecule has 0 bridgehead atoms. The normalized spacial score (nSPS) is 12.5. The highest BCUT2D eigenvalue weighted by molar-refractivity contribution is 5.71. The molecule has 0 radical (unpaired) electrons. The van der Waals surface area contributed by atoms with E-state index >= 15 is 0 Å². The molecule has 1 unspecified atom stereocenters. The van der Waals surface area contributed by atoms with Crippen molar-refractivity contribution in [2.75, 3.05) is 13.2 Å². The molecule has 0 aromatic rings. The molecule has 0 spiro atoms. The first kappa shape index (κ1) is 73.8. The van der Waals surface area contributed by atoms with Crippen LogP contribution in [0, 0.1) is 0 Å². The molecule has 446 valence electrons. The number of carbonyl (C=O) groups is 3. The lowest BCUT2D eigenvalue weighted by atomic mass is 10.0. The van der Waals surface area contributed by atoms with Gasteiger partial charge in [-0.1, -0.05) is 325 Å². The van der Waals surface area contributed by atoms with Crippen LogP contribution < -0.4 is 0 Å². The van der Waals surface area contributed by atoms with Gasteiger partial charge in [-0.3, -0.25) is 14.4 Å². The summed E-state index contributed by atoms with van der Waals surface area (Å²) in [6.07, 6.45) is 84.8. The second kappa shape index (κ2) is 65.4. The van der Waals surface area contributed by atoms with Crippen LogP contribution in [-0.2, 0) is 28.6 Å². The maximum Gasteiger partial charge on any atom is 0.306 e. The first-order chi connectivity index (χ1) is 38.0. The van der Waals surface area contributed by atoms with Gasteiger partial charge in [-0.25, -0.2) is 0 Å². The van der Waals surface area contributed by atoms with Gasteiger partial charge in [-0.15, -0.1) is 0 Å². The van der Waals surface area contributed by atoms with Crippen molar-refractivity contribution in [3.05, 3.63) is 72.9 Å². The van der Waals surface area contributed by atoms with Gasteiger partial charge in [0.05, 0.1) is 0 Å². The number of rotatable bonds is 61. The van der Waals surface area contributed by atoms with Crippen molar-refractivity contribution >= 4 is 17.9 Å². The standard InChI is InChI=1S/C71H126O6/c1-4-7-10-13-16-19-22-25-28-30-31-32-33-34-35-36-37-38-39-41-43-46-49-52-55-58-61-64-70(73)76-67-68(66-75-69(72)63-60-57-54-51-48-45-42-27-24-21-18-15-12-9-6-3)77-71(74)65-62-59-56-53-50-47-44-40-29-26-23-20-17-14-11-8-5-2/h7,10,16,19,25,28,31-32,34-35,37-38,68H,4-6,8-9,11-15,17-18,20-24,26-27,29-30,33,36,39-67H2,1-3H3/b10-7-,19-16-,28-25-,32-31-,35-34-,38-37-. The van der Waals surface area contributed by atoms with Crippen molar-refractivity contribution < 1.29 is 28.6 Å². The summed E-state index contributed by atoms with van der Waals surface area (Å²) in [5.74, 6) is -0.859. The number of hydrogen-bond donors (Lipinski definition) is 0. The molecule has 0 amide bonds. The first-order valence-corrected chi connectivity index (χ1v) is 33.4. The minimum atomic E-state index is -0.776. The lowest BCUT2D eigenvalue weighted by molar-refractivity contribution is -0.167. The Labute approximate surface area is 478 Å². The van der Waals surface area contributed by atoms with E-state index in [0.29, 0.717) is 19.3 Å². The molecule has 6 heteroatoms. The minimum Gasteiger partial charge on any atom is -0.462 e. The van der Waals surface area contributed by atoms with E-state index in [1.807, 2.05) is 0 Å². The molecular formula is C71H126O6. The Morgan fingerprint density at radius 3 is 0.792 bits per heavy atom. The molecule has 0 saturated heterocycles. The van der Waals surface area contributed by atoms with Crippen molar-refractivity contribution in [2.24, 2.45) is 0 Å². The Morgan fingerprint density at radius 1 is 0.273 bits per heavy atom. The minimum absolute atomic E-state index is 0.0724. The molecular weight excluding hydrogens is 949 g/mol. The highest BCUT2D eigenvalue weighted by atomic mass is 16.6. The highest BCUT2D eigenvalue weighted by Gasteiger charge is 2.19. The number of unbranched alkanes of at least 4 members (excludes halogenated alkanes) is 38. The number of carbonyl (C=O) groups excluding carboxylic acids is 3. The molecule has 0 N–H and O–H groups in total. The summed E-state index contributed by atoms with van der Waals surface area (Å²) >= 11 is 0. The average molecular weight is 1080 g/mol. The molecule has 6 nitrogen and oxygen atoms in total. The van der Waals surface area contributed by atoms with Crippen molar-refractivity contribution in [1.29, 1.82) is 0 Å². The molecule has 1 atom stereocenters. The molecule has 0 aromatic heterocycles. The van der Waals surface area contributed by atoms with Gasteiger partial charge in [0, 0.05) is 19.3 Å². The predicted octanol–water partition coefficient (Wildman–Crippen LogP) is 22.9. The fraction of sp³-hybridized carbons (Fsp3) is 0.789. The Bertz CT molecular complexity index is 1420. The number of ether oxygens (including phenoxy) is 3. The molecule has 77 heavy (non-hydrogen) atoms. The zero-order valence-electron chi connectivity index (χ0n) is 51.2. The van der Waals surface area contributed by atoms with E-state index in [1.54, 1.807) is 0 Å². The zero-order chi connectivity index (χ0) is 55.7. The molecule has 0 aliphatic rings. The maximum atomic E-state index is 12.9. The summed E-state index contributed by atoms with van der Waals surface area (Å²) in [5, 5.41) is 0. The lowest BCUT2D eigenvalue weighted by Gasteiger charge is -2.18. The van der Waals surface area contributed by atoms with Crippen LogP contribution in [-0.4, -0.2) is 37.2 Å². The van der Waals surface area contributed by atoms with Crippen LogP contribution in [0.5, 0.6) is 0 Å². The molecule has 0 fully saturated rings. The summed E-state index contributed by atoms with van der Waals surface area (Å²) in [6.45, 7) is 6.57. The number of allylic oxidation sites excluding steroid dienone is 12. The van der Waals surface area contributed by atoms with Crippen LogP contribution in [0.2, 0.25) is 0 Å². The van der Waals surface area contributed by atoms with Gasteiger partial charge >= 0.3 is 17.9 Å². The van der Waals surface area contributed by atoms with Gasteiger partial charge in [0.15, 0.2) is 6.10 Å². The molecule has 0 saturated carbocycles. The van der Waals surface area contributed by atoms with Crippen molar-refractivity contribution in [1.82, 2.24) is 0 Å². The Hall–Kier alpha value is -3.15. The third kappa shape index (κ3) is 63.6. The summed E-state index contributed by atoms with van der Waals surface area (Å²) < 4.78 is 17.0. The van der Waals surface area contributed by atoms with Crippen LogP contribution in [0.1, 0.15) is 342 Å². The van der Waals surface area contributed by atoms with Gasteiger partial charge in [0.1, 0.15) is 13.2 Å². The summed E-state index contributed by atoms with van der Waals surface area (Å²) in [4.78, 5) is 38.4. The van der Waals surface area contributed by atoms with E-state index < -0.39 is 6.10 Å². The molecule has 0 heterocycles. The maximum absolute atomic E-state index is 12.9. The fourth-order valence-electron chi connectivity index (χ4n) is 9.74. The molecule has 0 aliphatic heterocycles. The summed E-state index contributed by atoms with van der Waals surface area (Å²) in [5.41, 5.74) is 0. The third-order valence-corrected chi connectivity index (χ3v) is 14.7. The van der Waals surface area contributed by atoms with Crippen LogP contribution in [0.3, 0.4) is 0 Å². The Kier molecular flexibility index (Phi) is 62.7. The van der Waals surface area contributed by atoms with Gasteiger partial charge < -0.3 is 14.2 Å². The van der Waals surface area contributed by atoms with E-state index in [9.17, 15) is 14.4 Å². The molecule has 0 aliphatic carbocycles. The number of esters is 3. The van der Waals surface area contributed by atoms with E-state index in [-0.39, 0.29) is 31.1 Å². The van der Waals surface area contributed by atoms with Gasteiger partial charge in [-0.2, -0.15) is 0 Å². The SMILES string of the molecule is CC/C=C\C/C=C\C/C=C\C/C=C\C/C=C\C/C=C\CCCCCCCCCCC(=O)OCC(COC(=O)CCCCCCCCCCCCCCCCC)OC(=O)CCCCCCCCCCCCCCCCCCC. The first-order valence-electron chi connectivity index (χ1n) is 33.4. The average Bonchev–Trinajstić information content (AvgIpc) is 3.43. The highest BCUT2D eigenvalue weighted by Crippen LogP contribution is 2.18. The Balaban J connectivity index is 4.31. The van der Waals surface area contributed by atoms with Crippen molar-refractivity contribution in [3.63, 3.8) is 0 Å². The van der Waals surface area contributed by atoms with E-state index in [0.717, 1.165) is 103 Å². The summed E-state index contributed by atoms with van der Waals surface area (Å²) in [7, 11) is 0. The fourth-order valence-corrected chi connectivity index (χ4v) is 9.74. The predicted molar refractivity (Wildman–Crippen MR) is 335 cm³/mol. The van der Waals surface area contributed by atoms with Crippen LogP contribution >= 0.6 is 0 Å². The molecule has 0 rings (SSSR count). The second-order valence-electron chi connectivity index (χ2n) is 22.4. The van der Waals surface area contributed by atoms with E-state index in [4.69, 9.17) is 14.2 Å². The quantitative estimate of drug-likeness (QED) is 0.0261. The topological polar surface area (TPSA) is 78.9 Å². The largest absolute Gasteiger partial charge is 0.462 e. The van der Waals surface area contributed by atoms with Gasteiger partial charge in [0.25, 0.3) is 0 Å². The second-order valence-corrected chi connectivity index (χ2v) is 22.4.